The number of aromatic nitrogens is 2. The summed E-state index contributed by atoms with van der Waals surface area (Å²) < 4.78 is 1.93. The second kappa shape index (κ2) is 4.64. The van der Waals surface area contributed by atoms with E-state index in [0.717, 1.165) is 24.2 Å². The molecule has 1 aliphatic rings. The number of nitrogens with zero attached hydrogens (tertiary/aromatic N) is 2. The fourth-order valence-corrected chi connectivity index (χ4v) is 2.04. The zero-order chi connectivity index (χ0) is 12.4. The molecule has 1 aromatic heterocycles. The Labute approximate surface area is 106 Å². The third-order valence-electron chi connectivity index (χ3n) is 3.41. The molecule has 1 aromatic carbocycles. The molecule has 1 fully saturated rings. The summed E-state index contributed by atoms with van der Waals surface area (Å²) in [6, 6.07) is 7.79. The molecule has 3 rings (SSSR count). The fraction of sp³-hybridized carbons (Fsp3) is 0.286. The molecule has 0 aliphatic heterocycles. The molecule has 0 saturated heterocycles. The van der Waals surface area contributed by atoms with Crippen molar-refractivity contribution in [2.45, 2.75) is 19.3 Å². The molecule has 18 heavy (non-hydrogen) atoms. The number of imidazole rings is 1. The molecule has 4 heteroatoms. The van der Waals surface area contributed by atoms with Crippen LogP contribution in [0.15, 0.2) is 43.0 Å². The summed E-state index contributed by atoms with van der Waals surface area (Å²) in [7, 11) is 0. The molecule has 1 saturated carbocycles. The van der Waals surface area contributed by atoms with Crippen LogP contribution in [0.1, 0.15) is 19.3 Å². The van der Waals surface area contributed by atoms with Gasteiger partial charge in [0.2, 0.25) is 5.91 Å². The summed E-state index contributed by atoms with van der Waals surface area (Å²) in [4.78, 5) is 15.8. The Bertz CT molecular complexity index is 527. The van der Waals surface area contributed by atoms with E-state index in [1.165, 1.54) is 6.42 Å². The number of hydrogen-bond donors (Lipinski definition) is 1. The zero-order valence-corrected chi connectivity index (χ0v) is 10.0. The minimum Gasteiger partial charge on any atom is -0.326 e. The molecule has 0 radical (unpaired) electrons. The number of amides is 1. The average Bonchev–Trinajstić information content (AvgIpc) is 2.81. The molecule has 0 atom stereocenters. The van der Waals surface area contributed by atoms with Gasteiger partial charge in [-0.2, -0.15) is 0 Å². The highest BCUT2D eigenvalue weighted by Gasteiger charge is 2.24. The minimum atomic E-state index is 0.150. The van der Waals surface area contributed by atoms with E-state index in [0.29, 0.717) is 0 Å². The van der Waals surface area contributed by atoms with Crippen molar-refractivity contribution in [2.75, 3.05) is 5.32 Å². The van der Waals surface area contributed by atoms with E-state index in [1.807, 2.05) is 35.0 Å². The third kappa shape index (κ3) is 2.14. The van der Waals surface area contributed by atoms with Crippen LogP contribution in [0, 0.1) is 5.92 Å². The van der Waals surface area contributed by atoms with Crippen LogP contribution in [-0.2, 0) is 4.79 Å². The molecule has 92 valence electrons. The van der Waals surface area contributed by atoms with Crippen molar-refractivity contribution >= 4 is 11.6 Å². The summed E-state index contributed by atoms with van der Waals surface area (Å²) >= 11 is 0. The predicted molar refractivity (Wildman–Crippen MR) is 69.5 cm³/mol. The lowest BCUT2D eigenvalue weighted by Crippen LogP contribution is -2.27. The smallest absolute Gasteiger partial charge is 0.227 e. The summed E-state index contributed by atoms with van der Waals surface area (Å²) in [5, 5.41) is 2.95. The minimum absolute atomic E-state index is 0.150. The summed E-state index contributed by atoms with van der Waals surface area (Å²) in [5.41, 5.74) is 1.89. The van der Waals surface area contributed by atoms with Gasteiger partial charge in [0.25, 0.3) is 0 Å². The zero-order valence-electron chi connectivity index (χ0n) is 10.0. The summed E-state index contributed by atoms with van der Waals surface area (Å²) in [6.45, 7) is 0. The molecule has 1 N–H and O–H groups in total. The number of hydrogen-bond acceptors (Lipinski definition) is 2. The van der Waals surface area contributed by atoms with Gasteiger partial charge in [0, 0.05) is 29.7 Å². The van der Waals surface area contributed by atoms with E-state index < -0.39 is 0 Å². The Kier molecular flexibility index (Phi) is 2.84. The normalized spacial score (nSPS) is 15.1. The van der Waals surface area contributed by atoms with Crippen LogP contribution in [0.5, 0.6) is 0 Å². The van der Waals surface area contributed by atoms with Crippen molar-refractivity contribution in [1.82, 2.24) is 9.55 Å². The van der Waals surface area contributed by atoms with Gasteiger partial charge in [-0.05, 0) is 37.1 Å². The summed E-state index contributed by atoms with van der Waals surface area (Å²) in [5.74, 6) is 0.370. The Morgan fingerprint density at radius 1 is 1.28 bits per heavy atom. The van der Waals surface area contributed by atoms with E-state index >= 15 is 0 Å². The van der Waals surface area contributed by atoms with Crippen molar-refractivity contribution in [3.05, 3.63) is 43.0 Å². The van der Waals surface area contributed by atoms with Crippen molar-refractivity contribution in [2.24, 2.45) is 5.92 Å². The van der Waals surface area contributed by atoms with Crippen molar-refractivity contribution in [3.63, 3.8) is 0 Å². The summed E-state index contributed by atoms with van der Waals surface area (Å²) in [6.07, 6.45) is 8.62. The van der Waals surface area contributed by atoms with Crippen molar-refractivity contribution < 1.29 is 4.79 Å². The van der Waals surface area contributed by atoms with Crippen molar-refractivity contribution in [3.8, 4) is 5.69 Å². The predicted octanol–water partition coefficient (Wildman–Crippen LogP) is 2.61. The standard InChI is InChI=1S/C14H15N3O/c18-14(11-2-1-3-11)16-12-4-6-13(7-5-12)17-9-8-15-10-17/h4-11H,1-3H2,(H,16,18). The molecule has 0 unspecified atom stereocenters. The number of carbonyl (C=O) groups excluding carboxylic acids is 1. The first-order valence-electron chi connectivity index (χ1n) is 6.22. The van der Waals surface area contributed by atoms with E-state index in [9.17, 15) is 4.79 Å². The van der Waals surface area contributed by atoms with Crippen LogP contribution in [0.2, 0.25) is 0 Å². The van der Waals surface area contributed by atoms with Crippen LogP contribution in [0.4, 0.5) is 5.69 Å². The lowest BCUT2D eigenvalue weighted by molar-refractivity contribution is -0.122. The quantitative estimate of drug-likeness (QED) is 0.897. The number of nitrogens with one attached hydrogen (secondary N) is 1. The lowest BCUT2D eigenvalue weighted by Gasteiger charge is -2.24. The topological polar surface area (TPSA) is 46.9 Å². The maximum Gasteiger partial charge on any atom is 0.227 e. The maximum absolute atomic E-state index is 11.8. The molecular formula is C14H15N3O. The average molecular weight is 241 g/mol. The van der Waals surface area contributed by atoms with Crippen LogP contribution in [-0.4, -0.2) is 15.5 Å². The van der Waals surface area contributed by atoms with Gasteiger partial charge in [0.05, 0.1) is 6.33 Å². The van der Waals surface area contributed by atoms with Gasteiger partial charge >= 0.3 is 0 Å². The van der Waals surface area contributed by atoms with Crippen LogP contribution in [0.3, 0.4) is 0 Å². The van der Waals surface area contributed by atoms with Gasteiger partial charge in [-0.15, -0.1) is 0 Å². The third-order valence-corrected chi connectivity index (χ3v) is 3.41. The van der Waals surface area contributed by atoms with Gasteiger partial charge < -0.3 is 9.88 Å². The van der Waals surface area contributed by atoms with E-state index in [-0.39, 0.29) is 11.8 Å². The van der Waals surface area contributed by atoms with Gasteiger partial charge in [-0.25, -0.2) is 4.98 Å². The first-order chi connectivity index (χ1) is 8.83. The molecule has 1 amide bonds. The van der Waals surface area contributed by atoms with Gasteiger partial charge in [-0.3, -0.25) is 4.79 Å². The van der Waals surface area contributed by atoms with Crippen molar-refractivity contribution in [1.29, 1.82) is 0 Å². The highest BCUT2D eigenvalue weighted by molar-refractivity contribution is 5.93. The lowest BCUT2D eigenvalue weighted by atomic mass is 9.85. The molecule has 4 nitrogen and oxygen atoms in total. The monoisotopic (exact) mass is 241 g/mol. The Hall–Kier alpha value is -2.10. The number of benzene rings is 1. The first kappa shape index (κ1) is 11.0. The fourth-order valence-electron chi connectivity index (χ4n) is 2.04. The first-order valence-corrected chi connectivity index (χ1v) is 6.22. The second-order valence-corrected chi connectivity index (χ2v) is 4.63. The molecule has 1 aliphatic carbocycles. The highest BCUT2D eigenvalue weighted by Crippen LogP contribution is 2.27. The van der Waals surface area contributed by atoms with Crippen LogP contribution in [0.25, 0.3) is 5.69 Å². The van der Waals surface area contributed by atoms with Gasteiger partial charge in [0.1, 0.15) is 0 Å². The number of carbonyl (C=O) groups is 1. The molecule has 2 aromatic rings. The van der Waals surface area contributed by atoms with Gasteiger partial charge in [0.15, 0.2) is 0 Å². The van der Waals surface area contributed by atoms with E-state index in [4.69, 9.17) is 0 Å². The molecule has 0 spiro atoms. The van der Waals surface area contributed by atoms with Crippen LogP contribution >= 0.6 is 0 Å². The van der Waals surface area contributed by atoms with Gasteiger partial charge in [-0.1, -0.05) is 6.42 Å². The Balaban J connectivity index is 1.69. The maximum atomic E-state index is 11.8. The van der Waals surface area contributed by atoms with E-state index in [2.05, 4.69) is 10.3 Å². The van der Waals surface area contributed by atoms with Crippen LogP contribution < -0.4 is 5.32 Å². The second-order valence-electron chi connectivity index (χ2n) is 4.63. The molecular weight excluding hydrogens is 226 g/mol. The molecule has 0 bridgehead atoms. The highest BCUT2D eigenvalue weighted by atomic mass is 16.1. The largest absolute Gasteiger partial charge is 0.326 e. The Morgan fingerprint density at radius 3 is 2.61 bits per heavy atom. The van der Waals surface area contributed by atoms with E-state index in [1.54, 1.807) is 12.5 Å². The number of rotatable bonds is 3. The number of anilines is 1. The molecule has 1 heterocycles. The Morgan fingerprint density at radius 2 is 2.06 bits per heavy atom. The SMILES string of the molecule is O=C(Nc1ccc(-n2ccnc2)cc1)C1CCC1.